The van der Waals surface area contributed by atoms with Crippen LogP contribution < -0.4 is 5.32 Å². The maximum absolute atomic E-state index is 4.67. The minimum absolute atomic E-state index is 0.127. The second-order valence-electron chi connectivity index (χ2n) is 8.31. The normalized spacial score (nSPS) is 12.3. The highest BCUT2D eigenvalue weighted by Gasteiger charge is 2.18. The predicted octanol–water partition coefficient (Wildman–Crippen LogP) is 4.51. The van der Waals surface area contributed by atoms with E-state index in [0.29, 0.717) is 0 Å². The molecule has 166 valence electrons. The molecule has 0 saturated heterocycles. The van der Waals surface area contributed by atoms with Crippen molar-refractivity contribution in [3.63, 3.8) is 0 Å². The Bertz CT molecular complexity index is 1620. The number of fused-ring (bicyclic) bond motifs is 2. The van der Waals surface area contributed by atoms with Crippen LogP contribution in [0.5, 0.6) is 0 Å². The standard InChI is InChI=1S/C26H22N8/c1-33-9-5-22-24(33)10-18(14-30-22)21-11-20(12-23-26(21)29-8-7-28-23)32-25(17-4-3-6-27-13-17)19-15-31-34(2)16-19/h3-16,25,32H,1-2H3/t25-/m0/s1. The number of hydrogen-bond acceptors (Lipinski definition) is 6. The minimum atomic E-state index is -0.127. The van der Waals surface area contributed by atoms with E-state index in [9.17, 15) is 0 Å². The molecule has 0 radical (unpaired) electrons. The highest BCUT2D eigenvalue weighted by Crippen LogP contribution is 2.34. The van der Waals surface area contributed by atoms with Crippen LogP contribution >= 0.6 is 0 Å². The average molecular weight is 447 g/mol. The van der Waals surface area contributed by atoms with Crippen LogP contribution in [0.3, 0.4) is 0 Å². The number of nitrogens with one attached hydrogen (secondary N) is 1. The maximum Gasteiger partial charge on any atom is 0.0967 e. The average Bonchev–Trinajstić information content (AvgIpc) is 3.47. The van der Waals surface area contributed by atoms with Crippen molar-refractivity contribution in [1.82, 2.24) is 34.3 Å². The quantitative estimate of drug-likeness (QED) is 0.419. The third-order valence-electron chi connectivity index (χ3n) is 6.01. The molecule has 0 saturated carbocycles. The molecule has 5 aromatic heterocycles. The molecule has 6 aromatic rings. The molecule has 0 aliphatic heterocycles. The van der Waals surface area contributed by atoms with E-state index >= 15 is 0 Å². The zero-order chi connectivity index (χ0) is 23.1. The summed E-state index contributed by atoms with van der Waals surface area (Å²) in [7, 11) is 3.94. The fourth-order valence-electron chi connectivity index (χ4n) is 4.32. The van der Waals surface area contributed by atoms with Gasteiger partial charge in [0.1, 0.15) is 0 Å². The SMILES string of the molecule is Cn1cc([C@@H](Nc2cc(-c3cnc4ccn(C)c4c3)c3nccnc3c2)c2cccnc2)cn1. The van der Waals surface area contributed by atoms with Crippen molar-refractivity contribution in [2.75, 3.05) is 5.32 Å². The zero-order valence-corrected chi connectivity index (χ0v) is 18.8. The molecule has 1 aromatic carbocycles. The smallest absolute Gasteiger partial charge is 0.0967 e. The number of pyridine rings is 2. The number of rotatable bonds is 5. The largest absolute Gasteiger partial charge is 0.374 e. The zero-order valence-electron chi connectivity index (χ0n) is 18.8. The lowest BCUT2D eigenvalue weighted by molar-refractivity contribution is 0.766. The van der Waals surface area contributed by atoms with Gasteiger partial charge in [0.15, 0.2) is 0 Å². The van der Waals surface area contributed by atoms with Gasteiger partial charge in [0.05, 0.1) is 34.3 Å². The Morgan fingerprint density at radius 2 is 1.76 bits per heavy atom. The first-order valence-corrected chi connectivity index (χ1v) is 11.0. The van der Waals surface area contributed by atoms with Gasteiger partial charge < -0.3 is 9.88 Å². The van der Waals surface area contributed by atoms with Gasteiger partial charge in [-0.2, -0.15) is 5.10 Å². The van der Waals surface area contributed by atoms with E-state index in [2.05, 4.69) is 53.1 Å². The maximum atomic E-state index is 4.67. The Hall–Kier alpha value is -4.59. The molecule has 8 heteroatoms. The van der Waals surface area contributed by atoms with Crippen LogP contribution in [-0.2, 0) is 14.1 Å². The Labute approximate surface area is 196 Å². The summed E-state index contributed by atoms with van der Waals surface area (Å²) in [5.74, 6) is 0. The molecule has 0 fully saturated rings. The molecule has 1 N–H and O–H groups in total. The van der Waals surface area contributed by atoms with Gasteiger partial charge in [0, 0.05) is 79.9 Å². The highest BCUT2D eigenvalue weighted by atomic mass is 15.2. The number of benzene rings is 1. The van der Waals surface area contributed by atoms with E-state index < -0.39 is 0 Å². The van der Waals surface area contributed by atoms with Crippen LogP contribution in [0.25, 0.3) is 33.2 Å². The van der Waals surface area contributed by atoms with Crippen LogP contribution in [0.1, 0.15) is 17.2 Å². The fraction of sp³-hybridized carbons (Fsp3) is 0.115. The number of anilines is 1. The summed E-state index contributed by atoms with van der Waals surface area (Å²) in [6.45, 7) is 0. The Kier molecular flexibility index (Phi) is 4.76. The van der Waals surface area contributed by atoms with Gasteiger partial charge >= 0.3 is 0 Å². The Morgan fingerprint density at radius 3 is 2.59 bits per heavy atom. The van der Waals surface area contributed by atoms with Crippen molar-refractivity contribution >= 4 is 27.8 Å². The first kappa shape index (κ1) is 20.0. The van der Waals surface area contributed by atoms with Crippen molar-refractivity contribution in [1.29, 1.82) is 0 Å². The van der Waals surface area contributed by atoms with Gasteiger partial charge in [0.25, 0.3) is 0 Å². The van der Waals surface area contributed by atoms with E-state index in [0.717, 1.165) is 50.0 Å². The number of hydrogen-bond donors (Lipinski definition) is 1. The van der Waals surface area contributed by atoms with Crippen molar-refractivity contribution in [3.05, 3.63) is 97.1 Å². The number of nitrogens with zero attached hydrogens (tertiary/aromatic N) is 7. The van der Waals surface area contributed by atoms with E-state index in [1.165, 1.54) is 0 Å². The van der Waals surface area contributed by atoms with Crippen LogP contribution in [0, 0.1) is 0 Å². The molecule has 0 unspecified atom stereocenters. The van der Waals surface area contributed by atoms with E-state index in [1.807, 2.05) is 63.3 Å². The van der Waals surface area contributed by atoms with E-state index in [4.69, 9.17) is 0 Å². The number of aromatic nitrogens is 7. The summed E-state index contributed by atoms with van der Waals surface area (Å²) < 4.78 is 3.88. The topological polar surface area (TPSA) is 86.3 Å². The van der Waals surface area contributed by atoms with Crippen LogP contribution in [-0.4, -0.2) is 34.3 Å². The van der Waals surface area contributed by atoms with Crippen LogP contribution in [0.4, 0.5) is 5.69 Å². The number of aryl methyl sites for hydroxylation is 2. The summed E-state index contributed by atoms with van der Waals surface area (Å²) in [5, 5.41) is 8.06. The molecular weight excluding hydrogens is 424 g/mol. The molecular formula is C26H22N8. The molecule has 0 amide bonds. The first-order valence-electron chi connectivity index (χ1n) is 11.0. The molecule has 0 bridgehead atoms. The lowest BCUT2D eigenvalue weighted by Gasteiger charge is -2.20. The highest BCUT2D eigenvalue weighted by molar-refractivity contribution is 5.96. The van der Waals surface area contributed by atoms with Gasteiger partial charge in [-0.3, -0.25) is 24.6 Å². The summed E-state index contributed by atoms with van der Waals surface area (Å²) >= 11 is 0. The van der Waals surface area contributed by atoms with Crippen molar-refractivity contribution < 1.29 is 0 Å². The summed E-state index contributed by atoms with van der Waals surface area (Å²) in [6, 6.07) is 12.2. The van der Waals surface area contributed by atoms with Gasteiger partial charge in [-0.25, -0.2) is 0 Å². The van der Waals surface area contributed by atoms with Crippen molar-refractivity contribution in [3.8, 4) is 11.1 Å². The third-order valence-corrected chi connectivity index (χ3v) is 6.01. The second-order valence-corrected chi connectivity index (χ2v) is 8.31. The lowest BCUT2D eigenvalue weighted by Crippen LogP contribution is -2.12. The molecule has 0 spiro atoms. The van der Waals surface area contributed by atoms with Gasteiger partial charge in [0.2, 0.25) is 0 Å². The van der Waals surface area contributed by atoms with Crippen LogP contribution in [0.2, 0.25) is 0 Å². The fourth-order valence-corrected chi connectivity index (χ4v) is 4.32. The summed E-state index contributed by atoms with van der Waals surface area (Å²) in [5.41, 5.74) is 8.65. The second kappa shape index (κ2) is 8.08. The Balaban J connectivity index is 1.50. The van der Waals surface area contributed by atoms with Crippen LogP contribution in [0.15, 0.2) is 86.0 Å². The lowest BCUT2D eigenvalue weighted by atomic mass is 10.0. The van der Waals surface area contributed by atoms with E-state index in [1.54, 1.807) is 23.3 Å². The van der Waals surface area contributed by atoms with Gasteiger partial charge in [-0.05, 0) is 35.9 Å². The monoisotopic (exact) mass is 446 g/mol. The molecule has 8 nitrogen and oxygen atoms in total. The molecule has 0 aliphatic carbocycles. The molecule has 0 aliphatic rings. The molecule has 34 heavy (non-hydrogen) atoms. The Morgan fingerprint density at radius 1 is 0.853 bits per heavy atom. The van der Waals surface area contributed by atoms with E-state index in [-0.39, 0.29) is 6.04 Å². The van der Waals surface area contributed by atoms with Crippen molar-refractivity contribution in [2.45, 2.75) is 6.04 Å². The summed E-state index contributed by atoms with van der Waals surface area (Å²) in [6.07, 6.45) is 14.9. The minimum Gasteiger partial charge on any atom is -0.374 e. The van der Waals surface area contributed by atoms with Crippen molar-refractivity contribution in [2.24, 2.45) is 14.1 Å². The molecule has 6 rings (SSSR count). The summed E-state index contributed by atoms with van der Waals surface area (Å²) in [4.78, 5) is 18.2. The predicted molar refractivity (Wildman–Crippen MR) is 132 cm³/mol. The first-order chi connectivity index (χ1) is 16.7. The molecule has 5 heterocycles. The van der Waals surface area contributed by atoms with Gasteiger partial charge in [-0.15, -0.1) is 0 Å². The third kappa shape index (κ3) is 3.55. The van der Waals surface area contributed by atoms with Gasteiger partial charge in [-0.1, -0.05) is 6.07 Å². The molecule has 1 atom stereocenters.